The molecule has 0 aromatic rings. The first-order chi connectivity index (χ1) is 8.27. The van der Waals surface area contributed by atoms with Crippen molar-refractivity contribution in [1.29, 1.82) is 0 Å². The second kappa shape index (κ2) is 8.86. The third-order valence-electron chi connectivity index (χ3n) is 3.49. The van der Waals surface area contributed by atoms with Crippen molar-refractivity contribution >= 4 is 0 Å². The number of hydrogen-bond acceptors (Lipinski definition) is 4. The molecule has 1 saturated heterocycles. The molecular weight excluding hydrogens is 214 g/mol. The van der Waals surface area contributed by atoms with E-state index in [0.717, 1.165) is 32.8 Å². The molecule has 1 aliphatic rings. The van der Waals surface area contributed by atoms with Crippen molar-refractivity contribution in [3.05, 3.63) is 0 Å². The summed E-state index contributed by atoms with van der Waals surface area (Å²) in [6.07, 6.45) is 0. The molecule has 1 aliphatic heterocycles. The van der Waals surface area contributed by atoms with Crippen LogP contribution in [-0.2, 0) is 4.74 Å². The lowest BCUT2D eigenvalue weighted by Crippen LogP contribution is -2.52. The highest BCUT2D eigenvalue weighted by Gasteiger charge is 2.21. The zero-order chi connectivity index (χ0) is 12.5. The molecule has 1 heterocycles. The van der Waals surface area contributed by atoms with Crippen LogP contribution in [-0.4, -0.2) is 74.9 Å². The number of piperazine rings is 1. The Labute approximate surface area is 106 Å². The Morgan fingerprint density at radius 1 is 1.24 bits per heavy atom. The van der Waals surface area contributed by atoms with Crippen LogP contribution in [0.5, 0.6) is 0 Å². The monoisotopic (exact) mass is 243 g/mol. The van der Waals surface area contributed by atoms with Crippen LogP contribution in [0.3, 0.4) is 0 Å². The van der Waals surface area contributed by atoms with Crippen LogP contribution < -0.4 is 5.32 Å². The first-order valence-corrected chi connectivity index (χ1v) is 7.02. The molecule has 0 spiro atoms. The normalized spacial score (nSPS) is 23.1. The smallest absolute Gasteiger partial charge is 0.0590 e. The number of hydrogen-bond donors (Lipinski definition) is 1. The molecule has 1 N–H and O–H groups in total. The molecule has 0 aliphatic carbocycles. The summed E-state index contributed by atoms with van der Waals surface area (Å²) >= 11 is 0. The van der Waals surface area contributed by atoms with Crippen molar-refractivity contribution < 1.29 is 4.74 Å². The van der Waals surface area contributed by atoms with Crippen molar-refractivity contribution in [2.75, 3.05) is 59.0 Å². The largest absolute Gasteiger partial charge is 0.380 e. The van der Waals surface area contributed by atoms with Gasteiger partial charge in [-0.25, -0.2) is 0 Å². The second-order valence-corrected chi connectivity index (χ2v) is 4.73. The van der Waals surface area contributed by atoms with E-state index < -0.39 is 0 Å². The molecule has 4 heteroatoms. The highest BCUT2D eigenvalue weighted by atomic mass is 16.5. The van der Waals surface area contributed by atoms with Gasteiger partial charge in [0.2, 0.25) is 0 Å². The van der Waals surface area contributed by atoms with Gasteiger partial charge in [0.25, 0.3) is 0 Å². The van der Waals surface area contributed by atoms with Crippen molar-refractivity contribution in [3.63, 3.8) is 0 Å². The summed E-state index contributed by atoms with van der Waals surface area (Å²) in [5.41, 5.74) is 0. The molecule has 1 atom stereocenters. The van der Waals surface area contributed by atoms with Crippen LogP contribution in [0.2, 0.25) is 0 Å². The Morgan fingerprint density at radius 2 is 2.06 bits per heavy atom. The second-order valence-electron chi connectivity index (χ2n) is 4.73. The summed E-state index contributed by atoms with van der Waals surface area (Å²) in [6.45, 7) is 16.3. The van der Waals surface area contributed by atoms with Gasteiger partial charge < -0.3 is 10.1 Å². The van der Waals surface area contributed by atoms with E-state index in [4.69, 9.17) is 4.74 Å². The lowest BCUT2D eigenvalue weighted by atomic mass is 10.2. The van der Waals surface area contributed by atoms with E-state index in [-0.39, 0.29) is 0 Å². The van der Waals surface area contributed by atoms with Gasteiger partial charge >= 0.3 is 0 Å². The fraction of sp³-hybridized carbons (Fsp3) is 1.00. The van der Waals surface area contributed by atoms with Crippen molar-refractivity contribution in [2.24, 2.45) is 0 Å². The van der Waals surface area contributed by atoms with Gasteiger partial charge in [-0.05, 0) is 20.4 Å². The number of likely N-dealkylation sites (N-methyl/N-ethyl adjacent to an activating group) is 1. The SMILES string of the molecule is CCOCCNCCN1CCN(CC)C(C)C1. The lowest BCUT2D eigenvalue weighted by Gasteiger charge is -2.39. The zero-order valence-electron chi connectivity index (χ0n) is 11.7. The third-order valence-corrected chi connectivity index (χ3v) is 3.49. The maximum atomic E-state index is 5.29. The molecule has 0 amide bonds. The Morgan fingerprint density at radius 3 is 2.71 bits per heavy atom. The van der Waals surface area contributed by atoms with Crippen LogP contribution in [0, 0.1) is 0 Å². The minimum absolute atomic E-state index is 0.706. The molecule has 1 unspecified atom stereocenters. The van der Waals surface area contributed by atoms with E-state index in [1.54, 1.807) is 0 Å². The summed E-state index contributed by atoms with van der Waals surface area (Å²) in [6, 6.07) is 0.706. The third kappa shape index (κ3) is 5.82. The van der Waals surface area contributed by atoms with E-state index in [9.17, 15) is 0 Å². The number of rotatable bonds is 8. The molecule has 0 aromatic carbocycles. The average molecular weight is 243 g/mol. The molecule has 1 fully saturated rings. The van der Waals surface area contributed by atoms with E-state index >= 15 is 0 Å². The van der Waals surface area contributed by atoms with Gasteiger partial charge in [0.15, 0.2) is 0 Å². The first-order valence-electron chi connectivity index (χ1n) is 7.02. The van der Waals surface area contributed by atoms with E-state index in [0.29, 0.717) is 6.04 Å². The summed E-state index contributed by atoms with van der Waals surface area (Å²) in [7, 11) is 0. The average Bonchev–Trinajstić information content (AvgIpc) is 2.34. The Kier molecular flexibility index (Phi) is 7.77. The predicted molar refractivity (Wildman–Crippen MR) is 72.5 cm³/mol. The molecule has 0 aromatic heterocycles. The van der Waals surface area contributed by atoms with Crippen LogP contribution in [0.25, 0.3) is 0 Å². The Balaban J connectivity index is 2.01. The maximum Gasteiger partial charge on any atom is 0.0590 e. The molecule has 1 rings (SSSR count). The standard InChI is InChI=1S/C13H29N3O/c1-4-16-10-9-15(12-13(16)3)8-6-14-7-11-17-5-2/h13-14H,4-12H2,1-3H3. The lowest BCUT2D eigenvalue weighted by molar-refractivity contribution is 0.0878. The van der Waals surface area contributed by atoms with Gasteiger partial charge in [0, 0.05) is 51.9 Å². The highest BCUT2D eigenvalue weighted by Crippen LogP contribution is 2.07. The number of nitrogens with one attached hydrogen (secondary N) is 1. The predicted octanol–water partition coefficient (Wildman–Crippen LogP) is 0.639. The molecule has 0 radical (unpaired) electrons. The molecule has 17 heavy (non-hydrogen) atoms. The summed E-state index contributed by atoms with van der Waals surface area (Å²) < 4.78 is 5.29. The summed E-state index contributed by atoms with van der Waals surface area (Å²) in [5.74, 6) is 0. The van der Waals surface area contributed by atoms with Crippen LogP contribution in [0.4, 0.5) is 0 Å². The summed E-state index contributed by atoms with van der Waals surface area (Å²) in [5, 5.41) is 3.43. The molecule has 0 bridgehead atoms. The molecule has 102 valence electrons. The molecular formula is C13H29N3O. The Bertz CT molecular complexity index is 190. The van der Waals surface area contributed by atoms with Crippen molar-refractivity contribution in [2.45, 2.75) is 26.8 Å². The van der Waals surface area contributed by atoms with Crippen LogP contribution in [0.15, 0.2) is 0 Å². The molecule has 0 saturated carbocycles. The topological polar surface area (TPSA) is 27.7 Å². The minimum Gasteiger partial charge on any atom is -0.380 e. The van der Waals surface area contributed by atoms with Crippen molar-refractivity contribution in [3.8, 4) is 0 Å². The highest BCUT2D eigenvalue weighted by molar-refractivity contribution is 4.78. The first kappa shape index (κ1) is 14.9. The van der Waals surface area contributed by atoms with Gasteiger partial charge in [-0.15, -0.1) is 0 Å². The van der Waals surface area contributed by atoms with Gasteiger partial charge in [0.1, 0.15) is 0 Å². The van der Waals surface area contributed by atoms with Crippen molar-refractivity contribution in [1.82, 2.24) is 15.1 Å². The fourth-order valence-corrected chi connectivity index (χ4v) is 2.39. The Hall–Kier alpha value is -0.160. The van der Waals surface area contributed by atoms with E-state index in [1.165, 1.54) is 26.2 Å². The van der Waals surface area contributed by atoms with Crippen LogP contribution in [0.1, 0.15) is 20.8 Å². The van der Waals surface area contributed by atoms with Gasteiger partial charge in [-0.2, -0.15) is 0 Å². The van der Waals surface area contributed by atoms with Crippen LogP contribution >= 0.6 is 0 Å². The molecule has 4 nitrogen and oxygen atoms in total. The number of ether oxygens (including phenoxy) is 1. The quantitative estimate of drug-likeness (QED) is 0.633. The van der Waals surface area contributed by atoms with E-state index in [2.05, 4.69) is 29.0 Å². The fourth-order valence-electron chi connectivity index (χ4n) is 2.39. The van der Waals surface area contributed by atoms with Gasteiger partial charge in [-0.1, -0.05) is 6.92 Å². The minimum atomic E-state index is 0.706. The maximum absolute atomic E-state index is 5.29. The van der Waals surface area contributed by atoms with Gasteiger partial charge in [0.05, 0.1) is 6.61 Å². The number of nitrogens with zero attached hydrogens (tertiary/aromatic N) is 2. The zero-order valence-corrected chi connectivity index (χ0v) is 11.7. The van der Waals surface area contributed by atoms with Gasteiger partial charge in [-0.3, -0.25) is 9.80 Å². The summed E-state index contributed by atoms with van der Waals surface area (Å²) in [4.78, 5) is 5.11. The van der Waals surface area contributed by atoms with E-state index in [1.807, 2.05) is 6.92 Å².